The topological polar surface area (TPSA) is 140 Å². The van der Waals surface area contributed by atoms with Gasteiger partial charge in [-0.3, -0.25) is 19.7 Å². The summed E-state index contributed by atoms with van der Waals surface area (Å²) in [6.07, 6.45) is 1.41. The third-order valence-corrected chi connectivity index (χ3v) is 2.89. The standard InChI is InChI=1S/C14H13N3O7/c1-7-15-5-8(13(21)16-7)6-23-11(19)2-3-12(20)24-9-4-10(18)17-14(9)22/h2-3,5,9,15H,1,4,6H2,(H,16,21)(H,17,18,22). The van der Waals surface area contributed by atoms with Crippen molar-refractivity contribution in [3.8, 4) is 0 Å². The molecule has 3 amide bonds. The van der Waals surface area contributed by atoms with Crippen molar-refractivity contribution in [2.45, 2.75) is 12.5 Å². The Morgan fingerprint density at radius 2 is 1.92 bits per heavy atom. The second-order valence-electron chi connectivity index (χ2n) is 4.73. The number of rotatable bonds is 5. The summed E-state index contributed by atoms with van der Waals surface area (Å²) in [5.74, 6) is -3.30. The minimum absolute atomic E-state index is 0.160. The molecule has 0 spiro atoms. The first-order chi connectivity index (χ1) is 11.3. The minimum atomic E-state index is -1.21. The molecule has 10 heteroatoms. The molecule has 0 aliphatic carbocycles. The van der Waals surface area contributed by atoms with Gasteiger partial charge in [-0.1, -0.05) is 6.58 Å². The number of hydrogen-bond donors (Lipinski definition) is 3. The molecule has 3 N–H and O–H groups in total. The molecular formula is C14H13N3O7. The number of ether oxygens (including phenoxy) is 2. The third-order valence-electron chi connectivity index (χ3n) is 2.89. The molecule has 2 aliphatic rings. The zero-order chi connectivity index (χ0) is 17.7. The number of hydrogen-bond acceptors (Lipinski definition) is 8. The summed E-state index contributed by atoms with van der Waals surface area (Å²) in [6, 6.07) is 0. The first kappa shape index (κ1) is 16.9. The fraction of sp³-hybridized carbons (Fsp3) is 0.214. The second kappa shape index (κ2) is 7.22. The Kier molecular flexibility index (Phi) is 5.09. The molecule has 2 aliphatic heterocycles. The van der Waals surface area contributed by atoms with Gasteiger partial charge in [-0.25, -0.2) is 9.59 Å². The van der Waals surface area contributed by atoms with Crippen LogP contribution in [0.5, 0.6) is 0 Å². The molecule has 0 aromatic carbocycles. The summed E-state index contributed by atoms with van der Waals surface area (Å²) in [7, 11) is 0. The molecule has 0 saturated carbocycles. The van der Waals surface area contributed by atoms with Crippen LogP contribution in [0.3, 0.4) is 0 Å². The van der Waals surface area contributed by atoms with E-state index in [4.69, 9.17) is 9.47 Å². The van der Waals surface area contributed by atoms with Gasteiger partial charge in [0.15, 0.2) is 6.10 Å². The largest absolute Gasteiger partial charge is 0.457 e. The van der Waals surface area contributed by atoms with Crippen molar-refractivity contribution in [3.05, 3.63) is 36.3 Å². The summed E-state index contributed by atoms with van der Waals surface area (Å²) in [5, 5.41) is 7.01. The Hall–Kier alpha value is -3.43. The molecule has 2 rings (SSSR count). The van der Waals surface area contributed by atoms with E-state index in [0.717, 1.165) is 12.2 Å². The van der Waals surface area contributed by atoms with Crippen LogP contribution in [-0.4, -0.2) is 42.4 Å². The third kappa shape index (κ3) is 4.53. The smallest absolute Gasteiger partial charge is 0.331 e. The maximum Gasteiger partial charge on any atom is 0.331 e. The minimum Gasteiger partial charge on any atom is -0.457 e. The van der Waals surface area contributed by atoms with Gasteiger partial charge >= 0.3 is 11.9 Å². The van der Waals surface area contributed by atoms with Gasteiger partial charge in [0.2, 0.25) is 5.91 Å². The Bertz CT molecular complexity index is 692. The number of carbonyl (C=O) groups excluding carboxylic acids is 5. The lowest BCUT2D eigenvalue weighted by Crippen LogP contribution is -2.36. The van der Waals surface area contributed by atoms with Crippen LogP contribution in [0.25, 0.3) is 0 Å². The number of esters is 2. The van der Waals surface area contributed by atoms with Gasteiger partial charge in [0.05, 0.1) is 12.0 Å². The quantitative estimate of drug-likeness (QED) is 0.301. The molecule has 0 bridgehead atoms. The fourth-order valence-electron chi connectivity index (χ4n) is 1.74. The highest BCUT2D eigenvalue weighted by molar-refractivity contribution is 6.06. The van der Waals surface area contributed by atoms with Gasteiger partial charge in [0.1, 0.15) is 12.4 Å². The van der Waals surface area contributed by atoms with E-state index in [-0.39, 0.29) is 18.6 Å². The van der Waals surface area contributed by atoms with E-state index in [2.05, 4.69) is 17.2 Å². The highest BCUT2D eigenvalue weighted by Crippen LogP contribution is 2.07. The molecule has 126 valence electrons. The van der Waals surface area contributed by atoms with Crippen molar-refractivity contribution >= 4 is 29.7 Å². The maximum atomic E-state index is 11.5. The van der Waals surface area contributed by atoms with Crippen LogP contribution >= 0.6 is 0 Å². The number of carbonyl (C=O) groups is 5. The Labute approximate surface area is 135 Å². The molecule has 1 atom stereocenters. The van der Waals surface area contributed by atoms with Crippen LogP contribution in [0.1, 0.15) is 6.42 Å². The van der Waals surface area contributed by atoms with Crippen molar-refractivity contribution in [1.82, 2.24) is 16.0 Å². The van der Waals surface area contributed by atoms with Gasteiger partial charge in [0.25, 0.3) is 11.8 Å². The molecule has 0 radical (unpaired) electrons. The zero-order valence-electron chi connectivity index (χ0n) is 12.3. The lowest BCUT2D eigenvalue weighted by atomic mass is 10.2. The van der Waals surface area contributed by atoms with Crippen LogP contribution in [0.4, 0.5) is 0 Å². The van der Waals surface area contributed by atoms with Gasteiger partial charge in [-0.05, 0) is 0 Å². The summed E-state index contributed by atoms with van der Waals surface area (Å²) in [4.78, 5) is 56.6. The molecule has 24 heavy (non-hydrogen) atoms. The summed E-state index contributed by atoms with van der Waals surface area (Å²) in [5.41, 5.74) is 0.160. The molecule has 0 aromatic rings. The van der Waals surface area contributed by atoms with E-state index in [1.807, 2.05) is 5.32 Å². The van der Waals surface area contributed by atoms with Crippen LogP contribution in [-0.2, 0) is 33.4 Å². The van der Waals surface area contributed by atoms with E-state index in [1.54, 1.807) is 0 Å². The lowest BCUT2D eigenvalue weighted by molar-refractivity contribution is -0.149. The van der Waals surface area contributed by atoms with Gasteiger partial charge in [0, 0.05) is 18.4 Å². The van der Waals surface area contributed by atoms with E-state index in [9.17, 15) is 24.0 Å². The summed E-state index contributed by atoms with van der Waals surface area (Å²) in [6.45, 7) is 3.17. The first-order valence-electron chi connectivity index (χ1n) is 6.70. The van der Waals surface area contributed by atoms with Gasteiger partial charge in [-0.15, -0.1) is 0 Å². The van der Waals surface area contributed by atoms with Crippen molar-refractivity contribution < 1.29 is 33.4 Å². The summed E-state index contributed by atoms with van der Waals surface area (Å²) < 4.78 is 9.49. The molecule has 10 nitrogen and oxygen atoms in total. The Balaban J connectivity index is 1.77. The van der Waals surface area contributed by atoms with E-state index >= 15 is 0 Å². The van der Waals surface area contributed by atoms with Crippen molar-refractivity contribution in [2.24, 2.45) is 0 Å². The van der Waals surface area contributed by atoms with Gasteiger partial charge in [-0.2, -0.15) is 0 Å². The van der Waals surface area contributed by atoms with Crippen LogP contribution in [0, 0.1) is 0 Å². The first-order valence-corrected chi connectivity index (χ1v) is 6.70. The SMILES string of the molecule is C=C1NC=C(COC(=O)C=CC(=O)OC2CC(=O)NC2=O)C(=O)N1. The second-order valence-corrected chi connectivity index (χ2v) is 4.73. The van der Waals surface area contributed by atoms with E-state index in [1.165, 1.54) is 6.20 Å². The van der Waals surface area contributed by atoms with Gasteiger partial charge < -0.3 is 20.1 Å². The molecule has 1 fully saturated rings. The van der Waals surface area contributed by atoms with E-state index < -0.39 is 35.8 Å². The predicted octanol–water partition coefficient (Wildman–Crippen LogP) is -1.88. The van der Waals surface area contributed by atoms with Crippen molar-refractivity contribution in [3.63, 3.8) is 0 Å². The summed E-state index contributed by atoms with van der Waals surface area (Å²) >= 11 is 0. The zero-order valence-corrected chi connectivity index (χ0v) is 12.3. The Morgan fingerprint density at radius 3 is 2.54 bits per heavy atom. The van der Waals surface area contributed by atoms with Crippen molar-refractivity contribution in [2.75, 3.05) is 6.61 Å². The predicted molar refractivity (Wildman–Crippen MR) is 76.2 cm³/mol. The lowest BCUT2D eigenvalue weighted by Gasteiger charge is -2.16. The maximum absolute atomic E-state index is 11.5. The number of imide groups is 1. The Morgan fingerprint density at radius 1 is 1.21 bits per heavy atom. The average Bonchev–Trinajstić information content (AvgIpc) is 2.82. The molecule has 1 unspecified atom stereocenters. The fourth-order valence-corrected chi connectivity index (χ4v) is 1.74. The highest BCUT2D eigenvalue weighted by atomic mass is 16.6. The molecular weight excluding hydrogens is 322 g/mol. The normalized spacial score (nSPS) is 20.2. The van der Waals surface area contributed by atoms with Crippen LogP contribution in [0.2, 0.25) is 0 Å². The molecule has 2 heterocycles. The monoisotopic (exact) mass is 335 g/mol. The van der Waals surface area contributed by atoms with Crippen LogP contribution < -0.4 is 16.0 Å². The van der Waals surface area contributed by atoms with E-state index in [0.29, 0.717) is 5.82 Å². The molecule has 0 aromatic heterocycles. The highest BCUT2D eigenvalue weighted by Gasteiger charge is 2.33. The number of amides is 3. The molecule has 1 saturated heterocycles. The number of nitrogens with one attached hydrogen (secondary N) is 3. The van der Waals surface area contributed by atoms with Crippen LogP contribution in [0.15, 0.2) is 36.3 Å². The average molecular weight is 335 g/mol. The van der Waals surface area contributed by atoms with Crippen molar-refractivity contribution in [1.29, 1.82) is 0 Å².